The molecule has 0 aliphatic rings. The van der Waals surface area contributed by atoms with E-state index in [1.54, 1.807) is 18.2 Å². The third-order valence-electron chi connectivity index (χ3n) is 3.50. The van der Waals surface area contributed by atoms with Crippen molar-refractivity contribution in [2.45, 2.75) is 13.0 Å². The van der Waals surface area contributed by atoms with Gasteiger partial charge in [0.15, 0.2) is 0 Å². The Bertz CT molecular complexity index is 778. The first-order valence-electron chi connectivity index (χ1n) is 6.51. The van der Waals surface area contributed by atoms with Crippen LogP contribution in [0.5, 0.6) is 0 Å². The number of aryl methyl sites for hydroxylation is 1. The summed E-state index contributed by atoms with van der Waals surface area (Å²) in [5.41, 5.74) is 5.36. The van der Waals surface area contributed by atoms with Crippen molar-refractivity contribution in [2.75, 3.05) is 0 Å². The molecule has 0 amide bonds. The zero-order valence-electron chi connectivity index (χ0n) is 11.4. The molecule has 1 unspecified atom stereocenters. The SMILES string of the molecule is Cc1cccc2cc(C(NN)c3c(Cl)cccc3Cl)oc12. The van der Waals surface area contributed by atoms with Crippen LogP contribution in [0.1, 0.15) is 22.9 Å². The van der Waals surface area contributed by atoms with Gasteiger partial charge in [-0.1, -0.05) is 47.5 Å². The zero-order valence-corrected chi connectivity index (χ0v) is 12.9. The number of halogens is 2. The molecule has 0 spiro atoms. The van der Waals surface area contributed by atoms with Gasteiger partial charge in [0.05, 0.1) is 0 Å². The van der Waals surface area contributed by atoms with Crippen LogP contribution in [-0.2, 0) is 0 Å². The van der Waals surface area contributed by atoms with Crippen LogP contribution in [0.4, 0.5) is 0 Å². The second-order valence-corrected chi connectivity index (χ2v) is 5.69. The van der Waals surface area contributed by atoms with Gasteiger partial charge in [-0.15, -0.1) is 0 Å². The van der Waals surface area contributed by atoms with Crippen LogP contribution in [0, 0.1) is 6.92 Å². The smallest absolute Gasteiger partial charge is 0.137 e. The molecule has 0 saturated carbocycles. The van der Waals surface area contributed by atoms with Crippen LogP contribution in [0.25, 0.3) is 11.0 Å². The summed E-state index contributed by atoms with van der Waals surface area (Å²) in [5.74, 6) is 6.38. The molecule has 1 aromatic heterocycles. The quantitative estimate of drug-likeness (QED) is 0.547. The van der Waals surface area contributed by atoms with Gasteiger partial charge in [0, 0.05) is 21.0 Å². The molecule has 2 aromatic carbocycles. The summed E-state index contributed by atoms with van der Waals surface area (Å²) in [6.07, 6.45) is 0. The average Bonchev–Trinajstić information content (AvgIpc) is 2.88. The van der Waals surface area contributed by atoms with E-state index in [2.05, 4.69) is 5.43 Å². The summed E-state index contributed by atoms with van der Waals surface area (Å²) in [5, 5.41) is 2.11. The first kappa shape index (κ1) is 14.4. The van der Waals surface area contributed by atoms with Gasteiger partial charge in [0.25, 0.3) is 0 Å². The minimum absolute atomic E-state index is 0.405. The van der Waals surface area contributed by atoms with E-state index in [1.807, 2.05) is 31.2 Å². The van der Waals surface area contributed by atoms with E-state index in [0.29, 0.717) is 21.4 Å². The number of para-hydroxylation sites is 1. The molecule has 0 fully saturated rings. The number of hydrogen-bond acceptors (Lipinski definition) is 3. The summed E-state index contributed by atoms with van der Waals surface area (Å²) in [6.45, 7) is 2.00. The van der Waals surface area contributed by atoms with E-state index in [-0.39, 0.29) is 0 Å². The third kappa shape index (κ3) is 2.54. The second kappa shape index (κ2) is 5.70. The standard InChI is InChI=1S/C16H14Cl2N2O/c1-9-4-2-5-10-8-13(21-16(9)10)15(20-19)14-11(17)6-3-7-12(14)18/h2-8,15,20H,19H2,1H3. The lowest BCUT2D eigenvalue weighted by Crippen LogP contribution is -2.29. The number of fused-ring (bicyclic) bond motifs is 1. The van der Waals surface area contributed by atoms with E-state index >= 15 is 0 Å². The van der Waals surface area contributed by atoms with E-state index in [0.717, 1.165) is 16.5 Å². The summed E-state index contributed by atoms with van der Waals surface area (Å²) in [4.78, 5) is 0. The summed E-state index contributed by atoms with van der Waals surface area (Å²) in [7, 11) is 0. The Morgan fingerprint density at radius 1 is 1.10 bits per heavy atom. The molecule has 3 N–H and O–H groups in total. The molecule has 3 nitrogen and oxygen atoms in total. The number of furan rings is 1. The van der Waals surface area contributed by atoms with E-state index < -0.39 is 6.04 Å². The van der Waals surface area contributed by atoms with E-state index in [4.69, 9.17) is 33.5 Å². The Balaban J connectivity index is 2.16. The molecule has 3 rings (SSSR count). The molecule has 108 valence electrons. The highest BCUT2D eigenvalue weighted by atomic mass is 35.5. The van der Waals surface area contributed by atoms with Crippen LogP contribution in [0.2, 0.25) is 10.0 Å². The normalized spacial score (nSPS) is 12.8. The monoisotopic (exact) mass is 320 g/mol. The lowest BCUT2D eigenvalue weighted by atomic mass is 10.0. The molecule has 0 aliphatic heterocycles. The maximum absolute atomic E-state index is 6.26. The average molecular weight is 321 g/mol. The topological polar surface area (TPSA) is 51.2 Å². The van der Waals surface area contributed by atoms with Gasteiger partial charge in [0.1, 0.15) is 17.4 Å². The molecule has 1 heterocycles. The largest absolute Gasteiger partial charge is 0.459 e. The molecule has 1 atom stereocenters. The van der Waals surface area contributed by atoms with Gasteiger partial charge in [-0.3, -0.25) is 5.84 Å². The number of nitrogens with one attached hydrogen (secondary N) is 1. The van der Waals surface area contributed by atoms with Crippen LogP contribution in [0.3, 0.4) is 0 Å². The lowest BCUT2D eigenvalue weighted by molar-refractivity contribution is 0.476. The highest BCUT2D eigenvalue weighted by molar-refractivity contribution is 6.36. The zero-order chi connectivity index (χ0) is 15.0. The molecule has 5 heteroatoms. The van der Waals surface area contributed by atoms with Crippen molar-refractivity contribution in [2.24, 2.45) is 5.84 Å². The molecule has 3 aromatic rings. The molecule has 21 heavy (non-hydrogen) atoms. The minimum Gasteiger partial charge on any atom is -0.459 e. The van der Waals surface area contributed by atoms with Crippen molar-refractivity contribution >= 4 is 34.2 Å². The summed E-state index contributed by atoms with van der Waals surface area (Å²) in [6, 6.07) is 12.9. The lowest BCUT2D eigenvalue weighted by Gasteiger charge is -2.16. The summed E-state index contributed by atoms with van der Waals surface area (Å²) < 4.78 is 5.96. The van der Waals surface area contributed by atoms with Gasteiger partial charge < -0.3 is 4.42 Å². The highest BCUT2D eigenvalue weighted by Crippen LogP contribution is 2.36. The predicted octanol–water partition coefficient (Wildman–Crippen LogP) is 4.60. The van der Waals surface area contributed by atoms with Gasteiger partial charge in [-0.25, -0.2) is 5.43 Å². The first-order valence-corrected chi connectivity index (χ1v) is 7.26. The Hall–Kier alpha value is -1.52. The number of nitrogens with two attached hydrogens (primary N) is 1. The van der Waals surface area contributed by atoms with Crippen molar-refractivity contribution in [3.63, 3.8) is 0 Å². The highest BCUT2D eigenvalue weighted by Gasteiger charge is 2.22. The number of hydrogen-bond donors (Lipinski definition) is 2. The summed E-state index contributed by atoms with van der Waals surface area (Å²) >= 11 is 12.5. The Morgan fingerprint density at radius 2 is 1.76 bits per heavy atom. The fraction of sp³-hybridized carbons (Fsp3) is 0.125. The predicted molar refractivity (Wildman–Crippen MR) is 86.6 cm³/mol. The van der Waals surface area contributed by atoms with Gasteiger partial charge in [0.2, 0.25) is 0 Å². The fourth-order valence-electron chi connectivity index (χ4n) is 2.47. The van der Waals surface area contributed by atoms with Crippen LogP contribution < -0.4 is 11.3 Å². The second-order valence-electron chi connectivity index (χ2n) is 4.88. The molecular weight excluding hydrogens is 307 g/mol. The maximum atomic E-state index is 6.26. The van der Waals surface area contributed by atoms with Crippen LogP contribution >= 0.6 is 23.2 Å². The van der Waals surface area contributed by atoms with Crippen molar-refractivity contribution in [3.8, 4) is 0 Å². The Morgan fingerprint density at radius 3 is 2.38 bits per heavy atom. The Labute approximate surface area is 132 Å². The van der Waals surface area contributed by atoms with Crippen molar-refractivity contribution < 1.29 is 4.42 Å². The van der Waals surface area contributed by atoms with Gasteiger partial charge in [-0.05, 0) is 30.7 Å². The number of rotatable bonds is 3. The number of hydrazine groups is 1. The van der Waals surface area contributed by atoms with Crippen LogP contribution in [-0.4, -0.2) is 0 Å². The molecule has 0 bridgehead atoms. The van der Waals surface area contributed by atoms with Crippen LogP contribution in [0.15, 0.2) is 46.9 Å². The van der Waals surface area contributed by atoms with Gasteiger partial charge >= 0.3 is 0 Å². The number of benzene rings is 2. The fourth-order valence-corrected chi connectivity index (χ4v) is 3.08. The molecule has 0 aliphatic carbocycles. The minimum atomic E-state index is -0.405. The molecular formula is C16H14Cl2N2O. The van der Waals surface area contributed by atoms with Crippen molar-refractivity contribution in [1.82, 2.24) is 5.43 Å². The van der Waals surface area contributed by atoms with E-state index in [9.17, 15) is 0 Å². The molecule has 0 saturated heterocycles. The first-order chi connectivity index (χ1) is 10.1. The van der Waals surface area contributed by atoms with E-state index in [1.165, 1.54) is 0 Å². The van der Waals surface area contributed by atoms with Crippen molar-refractivity contribution in [3.05, 3.63) is 69.4 Å². The van der Waals surface area contributed by atoms with Gasteiger partial charge in [-0.2, -0.15) is 0 Å². The molecule has 0 radical (unpaired) electrons. The third-order valence-corrected chi connectivity index (χ3v) is 4.16. The Kier molecular flexibility index (Phi) is 3.91. The van der Waals surface area contributed by atoms with Crippen molar-refractivity contribution in [1.29, 1.82) is 0 Å². The maximum Gasteiger partial charge on any atom is 0.137 e.